The molecular formula is C24H22N4O10. The van der Waals surface area contributed by atoms with Crippen molar-refractivity contribution >= 4 is 23.3 Å². The second-order valence-electron chi connectivity index (χ2n) is 7.82. The number of benzene rings is 3. The van der Waals surface area contributed by atoms with Crippen molar-refractivity contribution in [2.24, 2.45) is 0 Å². The molecule has 198 valence electrons. The number of aromatic carboxylic acids is 1. The van der Waals surface area contributed by atoms with Gasteiger partial charge in [-0.05, 0) is 22.8 Å². The summed E-state index contributed by atoms with van der Waals surface area (Å²) >= 11 is 0. The fraction of sp³-hybridized carbons (Fsp3) is 0.167. The van der Waals surface area contributed by atoms with Gasteiger partial charge in [-0.1, -0.05) is 42.5 Å². The molecule has 3 aromatic carbocycles. The lowest BCUT2D eigenvalue weighted by Gasteiger charge is -2.11. The second-order valence-corrected chi connectivity index (χ2v) is 7.82. The van der Waals surface area contributed by atoms with Crippen molar-refractivity contribution in [3.63, 3.8) is 0 Å². The monoisotopic (exact) mass is 526 g/mol. The number of nitro groups is 2. The highest BCUT2D eigenvalue weighted by Gasteiger charge is 2.26. The molecule has 0 bridgehead atoms. The third-order valence-electron chi connectivity index (χ3n) is 5.43. The van der Waals surface area contributed by atoms with Gasteiger partial charge in [0, 0.05) is 25.2 Å². The van der Waals surface area contributed by atoms with Crippen molar-refractivity contribution in [2.45, 2.75) is 26.3 Å². The number of amides is 1. The summed E-state index contributed by atoms with van der Waals surface area (Å²) in [5.74, 6) is -2.35. The average molecular weight is 526 g/mol. The SMILES string of the molecule is O=C(NCc1ccc(CNOCc2cccc([N+](=O)[O-])c2COO)cc1)c1cccc([N+](=O)[O-])c1C(=O)O. The van der Waals surface area contributed by atoms with Crippen LogP contribution in [0.1, 0.15) is 43.0 Å². The van der Waals surface area contributed by atoms with Crippen LogP contribution in [0, 0.1) is 20.2 Å². The zero-order chi connectivity index (χ0) is 27.7. The van der Waals surface area contributed by atoms with Crippen LogP contribution in [0.2, 0.25) is 0 Å². The molecule has 0 aliphatic heterocycles. The van der Waals surface area contributed by atoms with Gasteiger partial charge in [-0.25, -0.2) is 9.68 Å². The molecule has 0 unspecified atom stereocenters. The minimum absolute atomic E-state index is 0.0273. The van der Waals surface area contributed by atoms with Crippen molar-refractivity contribution in [1.82, 2.24) is 10.8 Å². The van der Waals surface area contributed by atoms with Crippen LogP contribution < -0.4 is 10.8 Å². The molecule has 0 radical (unpaired) electrons. The van der Waals surface area contributed by atoms with E-state index in [1.807, 2.05) is 0 Å². The first-order chi connectivity index (χ1) is 18.2. The zero-order valence-corrected chi connectivity index (χ0v) is 19.7. The van der Waals surface area contributed by atoms with Gasteiger partial charge >= 0.3 is 5.97 Å². The minimum Gasteiger partial charge on any atom is -0.477 e. The number of hydrogen-bond acceptors (Lipinski definition) is 10. The number of carbonyl (C=O) groups is 2. The average Bonchev–Trinajstić information content (AvgIpc) is 2.90. The van der Waals surface area contributed by atoms with E-state index in [1.54, 1.807) is 30.3 Å². The maximum Gasteiger partial charge on any atom is 0.343 e. The summed E-state index contributed by atoms with van der Waals surface area (Å²) in [6, 6.07) is 14.8. The molecule has 4 N–H and O–H groups in total. The zero-order valence-electron chi connectivity index (χ0n) is 19.7. The predicted octanol–water partition coefficient (Wildman–Crippen LogP) is 3.34. The number of nitrogens with one attached hydrogen (secondary N) is 2. The highest BCUT2D eigenvalue weighted by Crippen LogP contribution is 2.24. The van der Waals surface area contributed by atoms with Crippen LogP contribution in [0.3, 0.4) is 0 Å². The van der Waals surface area contributed by atoms with E-state index < -0.39 is 33.0 Å². The maximum atomic E-state index is 12.5. The van der Waals surface area contributed by atoms with Crippen LogP contribution in [0.5, 0.6) is 0 Å². The summed E-state index contributed by atoms with van der Waals surface area (Å²) in [5, 5.41) is 42.9. The van der Waals surface area contributed by atoms with Gasteiger partial charge in [0.25, 0.3) is 17.3 Å². The van der Waals surface area contributed by atoms with E-state index in [4.69, 9.17) is 10.1 Å². The predicted molar refractivity (Wildman–Crippen MR) is 130 cm³/mol. The van der Waals surface area contributed by atoms with Crippen LogP contribution in [-0.4, -0.2) is 32.1 Å². The Balaban J connectivity index is 1.54. The lowest BCUT2D eigenvalue weighted by Crippen LogP contribution is -2.25. The number of carbonyl (C=O) groups excluding carboxylic acids is 1. The van der Waals surface area contributed by atoms with Gasteiger partial charge in [-0.15, -0.1) is 0 Å². The normalized spacial score (nSPS) is 10.7. The lowest BCUT2D eigenvalue weighted by atomic mass is 10.0. The van der Waals surface area contributed by atoms with Gasteiger partial charge in [0.1, 0.15) is 12.2 Å². The van der Waals surface area contributed by atoms with Gasteiger partial charge < -0.3 is 10.4 Å². The van der Waals surface area contributed by atoms with Gasteiger partial charge in [-0.3, -0.25) is 35.1 Å². The number of nitro benzene ring substituents is 2. The van der Waals surface area contributed by atoms with Crippen molar-refractivity contribution in [1.29, 1.82) is 0 Å². The molecule has 3 aromatic rings. The number of carboxylic acid groups (broad SMARTS) is 1. The molecule has 0 fully saturated rings. The summed E-state index contributed by atoms with van der Waals surface area (Å²) in [6.07, 6.45) is 0. The molecule has 0 atom stereocenters. The van der Waals surface area contributed by atoms with Crippen molar-refractivity contribution in [2.75, 3.05) is 0 Å². The Bertz CT molecular complexity index is 1340. The Morgan fingerprint density at radius 1 is 0.842 bits per heavy atom. The van der Waals surface area contributed by atoms with Gasteiger partial charge in [0.05, 0.1) is 27.6 Å². The molecule has 0 aliphatic carbocycles. The Labute approximate surface area is 214 Å². The molecule has 0 spiro atoms. The number of carboxylic acids is 1. The Morgan fingerprint density at radius 2 is 1.45 bits per heavy atom. The fourth-order valence-corrected chi connectivity index (χ4v) is 3.58. The number of nitrogens with zero attached hydrogens (tertiary/aromatic N) is 2. The lowest BCUT2D eigenvalue weighted by molar-refractivity contribution is -0.387. The Hall–Kier alpha value is -4.76. The van der Waals surface area contributed by atoms with E-state index >= 15 is 0 Å². The van der Waals surface area contributed by atoms with E-state index in [1.165, 1.54) is 24.3 Å². The molecule has 38 heavy (non-hydrogen) atoms. The molecule has 0 saturated heterocycles. The van der Waals surface area contributed by atoms with E-state index in [9.17, 15) is 34.9 Å². The molecular weight excluding hydrogens is 504 g/mol. The topological polar surface area (TPSA) is 203 Å². The molecule has 0 saturated carbocycles. The standard InChI is InChI=1S/C24H22N4O10/c29-23(18-4-2-6-21(28(34)35)22(18)24(30)31)25-11-15-7-9-16(10-8-15)12-26-37-13-17-3-1-5-20(27(32)33)19(17)14-38-36/h1-10,26,36H,11-14H2,(H,25,29)(H,30,31). The summed E-state index contributed by atoms with van der Waals surface area (Å²) in [7, 11) is 0. The smallest absolute Gasteiger partial charge is 0.343 e. The maximum absolute atomic E-state index is 12.5. The highest BCUT2D eigenvalue weighted by molar-refractivity contribution is 6.07. The largest absolute Gasteiger partial charge is 0.477 e. The quantitative estimate of drug-likeness (QED) is 0.110. The molecule has 0 aliphatic rings. The first kappa shape index (κ1) is 27.8. The van der Waals surface area contributed by atoms with E-state index in [0.29, 0.717) is 11.1 Å². The second kappa shape index (κ2) is 13.0. The number of hydrogen-bond donors (Lipinski definition) is 4. The molecule has 14 heteroatoms. The summed E-state index contributed by atoms with van der Waals surface area (Å²) in [5.41, 5.74) is 3.01. The first-order valence-corrected chi connectivity index (χ1v) is 11.0. The first-order valence-electron chi connectivity index (χ1n) is 11.0. The highest BCUT2D eigenvalue weighted by atomic mass is 17.1. The number of rotatable bonds is 13. The summed E-state index contributed by atoms with van der Waals surface area (Å²) < 4.78 is 0. The van der Waals surface area contributed by atoms with Crippen LogP contribution in [-0.2, 0) is 36.0 Å². The third kappa shape index (κ3) is 6.92. The Kier molecular flexibility index (Phi) is 9.50. The number of hydroxylamine groups is 1. The van der Waals surface area contributed by atoms with Crippen LogP contribution >= 0.6 is 0 Å². The molecule has 0 aromatic heterocycles. The van der Waals surface area contributed by atoms with E-state index in [0.717, 1.165) is 11.6 Å². The van der Waals surface area contributed by atoms with Crippen LogP contribution in [0.4, 0.5) is 11.4 Å². The van der Waals surface area contributed by atoms with Crippen LogP contribution in [0.25, 0.3) is 0 Å². The minimum atomic E-state index is -1.58. The molecule has 0 heterocycles. The molecule has 1 amide bonds. The summed E-state index contributed by atoms with van der Waals surface area (Å²) in [6.45, 7) is -0.0660. The van der Waals surface area contributed by atoms with Gasteiger partial charge in [0.2, 0.25) is 0 Å². The Morgan fingerprint density at radius 3 is 2.05 bits per heavy atom. The van der Waals surface area contributed by atoms with E-state index in [-0.39, 0.29) is 43.1 Å². The third-order valence-corrected chi connectivity index (χ3v) is 5.43. The summed E-state index contributed by atoms with van der Waals surface area (Å²) in [4.78, 5) is 54.3. The van der Waals surface area contributed by atoms with E-state index in [2.05, 4.69) is 15.7 Å². The van der Waals surface area contributed by atoms with Crippen molar-refractivity contribution in [3.05, 3.63) is 114 Å². The van der Waals surface area contributed by atoms with Crippen molar-refractivity contribution < 1.29 is 39.5 Å². The van der Waals surface area contributed by atoms with Gasteiger partial charge in [0.15, 0.2) is 0 Å². The molecule has 14 nitrogen and oxygen atoms in total. The molecule has 3 rings (SSSR count). The fourth-order valence-electron chi connectivity index (χ4n) is 3.58. The van der Waals surface area contributed by atoms with Crippen molar-refractivity contribution in [3.8, 4) is 0 Å². The van der Waals surface area contributed by atoms with Crippen LogP contribution in [0.15, 0.2) is 60.7 Å². The van der Waals surface area contributed by atoms with Gasteiger partial charge in [-0.2, -0.15) is 5.48 Å².